The minimum absolute atomic E-state index is 0.117. The molecule has 1 aromatic carbocycles. The summed E-state index contributed by atoms with van der Waals surface area (Å²) in [6.45, 7) is 0.796. The quantitative estimate of drug-likeness (QED) is 0.832. The molecule has 112 valence electrons. The maximum absolute atomic E-state index is 12.1. The van der Waals surface area contributed by atoms with Gasteiger partial charge in [0.15, 0.2) is 0 Å². The molecule has 1 unspecified atom stereocenters. The lowest BCUT2D eigenvalue weighted by molar-refractivity contribution is -0.131. The molecule has 3 rings (SSSR count). The number of carbonyl (C=O) groups is 1. The zero-order chi connectivity index (χ0) is 14.7. The molecule has 0 radical (unpaired) electrons. The van der Waals surface area contributed by atoms with Gasteiger partial charge in [-0.2, -0.15) is 0 Å². The maximum atomic E-state index is 12.1. The van der Waals surface area contributed by atoms with Crippen molar-refractivity contribution in [3.05, 3.63) is 35.9 Å². The fourth-order valence-corrected chi connectivity index (χ4v) is 2.64. The Labute approximate surface area is 124 Å². The molecule has 1 atom stereocenters. The third-order valence-electron chi connectivity index (χ3n) is 4.31. The van der Waals surface area contributed by atoms with E-state index in [2.05, 4.69) is 10.5 Å². The first-order valence-electron chi connectivity index (χ1n) is 7.39. The number of nitrogens with one attached hydrogen (secondary N) is 1. The number of benzene rings is 1. The van der Waals surface area contributed by atoms with E-state index in [-0.39, 0.29) is 17.9 Å². The van der Waals surface area contributed by atoms with Crippen molar-refractivity contribution in [3.63, 3.8) is 0 Å². The number of hydrogen-bond donors (Lipinski definition) is 2. The molecule has 1 fully saturated rings. The first-order valence-corrected chi connectivity index (χ1v) is 7.39. The third-order valence-corrected chi connectivity index (χ3v) is 4.31. The van der Waals surface area contributed by atoms with Gasteiger partial charge in [-0.05, 0) is 30.2 Å². The van der Waals surface area contributed by atoms with Crippen molar-refractivity contribution in [1.82, 2.24) is 5.32 Å². The molecule has 5 nitrogen and oxygen atoms in total. The van der Waals surface area contributed by atoms with Crippen molar-refractivity contribution in [2.75, 3.05) is 13.2 Å². The Kier molecular flexibility index (Phi) is 3.92. The fraction of sp³-hybridized carbons (Fsp3) is 0.500. The van der Waals surface area contributed by atoms with Crippen LogP contribution in [0.15, 0.2) is 35.5 Å². The average Bonchev–Trinajstić information content (AvgIpc) is 3.10. The lowest BCUT2D eigenvalue weighted by Crippen LogP contribution is -2.38. The lowest BCUT2D eigenvalue weighted by atomic mass is 10.0. The summed E-state index contributed by atoms with van der Waals surface area (Å²) < 4.78 is 0. The molecule has 1 aliphatic carbocycles. The Balaban J connectivity index is 1.50. The van der Waals surface area contributed by atoms with E-state index in [9.17, 15) is 4.79 Å². The number of amides is 1. The highest BCUT2D eigenvalue weighted by molar-refractivity contribution is 6.04. The van der Waals surface area contributed by atoms with Crippen LogP contribution < -0.4 is 5.32 Å². The minimum atomic E-state index is -0.537. The molecule has 1 amide bonds. The van der Waals surface area contributed by atoms with Gasteiger partial charge in [-0.1, -0.05) is 35.5 Å². The van der Waals surface area contributed by atoms with Crippen LogP contribution in [0.1, 0.15) is 31.2 Å². The standard InChI is InChI=1S/C16H20N2O3/c19-9-8-16(6-7-16)11-17-15(20)14-10-13(18-21-14)12-4-2-1-3-5-12/h1-5,14,19H,6-11H2,(H,17,20). The Bertz CT molecular complexity index is 538. The Hall–Kier alpha value is -1.88. The zero-order valence-corrected chi connectivity index (χ0v) is 11.9. The smallest absolute Gasteiger partial charge is 0.264 e. The van der Waals surface area contributed by atoms with Crippen molar-refractivity contribution in [2.24, 2.45) is 10.6 Å². The van der Waals surface area contributed by atoms with Crippen molar-refractivity contribution in [2.45, 2.75) is 31.8 Å². The van der Waals surface area contributed by atoms with Gasteiger partial charge < -0.3 is 15.3 Å². The van der Waals surface area contributed by atoms with Crippen LogP contribution in [0.4, 0.5) is 0 Å². The van der Waals surface area contributed by atoms with Crippen LogP contribution in [-0.4, -0.2) is 36.0 Å². The number of carbonyl (C=O) groups excluding carboxylic acids is 1. The normalized spacial score (nSPS) is 22.3. The maximum Gasteiger partial charge on any atom is 0.264 e. The van der Waals surface area contributed by atoms with Gasteiger partial charge in [-0.25, -0.2) is 0 Å². The molecule has 2 aliphatic rings. The second-order valence-electron chi connectivity index (χ2n) is 5.89. The van der Waals surface area contributed by atoms with Crippen molar-refractivity contribution >= 4 is 11.6 Å². The van der Waals surface area contributed by atoms with E-state index in [0.29, 0.717) is 13.0 Å². The highest BCUT2D eigenvalue weighted by Gasteiger charge is 2.42. The summed E-state index contributed by atoms with van der Waals surface area (Å²) in [5.41, 5.74) is 1.92. The molecule has 21 heavy (non-hydrogen) atoms. The predicted octanol–water partition coefficient (Wildman–Crippen LogP) is 1.46. The fourth-order valence-electron chi connectivity index (χ4n) is 2.64. The van der Waals surface area contributed by atoms with Crippen molar-refractivity contribution < 1.29 is 14.7 Å². The molecule has 5 heteroatoms. The van der Waals surface area contributed by atoms with Gasteiger partial charge in [0.25, 0.3) is 5.91 Å². The number of hydrogen-bond acceptors (Lipinski definition) is 4. The molecule has 2 N–H and O–H groups in total. The van der Waals surface area contributed by atoms with Gasteiger partial charge >= 0.3 is 0 Å². The summed E-state index contributed by atoms with van der Waals surface area (Å²) in [6.07, 6.45) is 2.87. The Morgan fingerprint density at radius 1 is 1.38 bits per heavy atom. The van der Waals surface area contributed by atoms with Gasteiger partial charge in [0.1, 0.15) is 0 Å². The van der Waals surface area contributed by atoms with Crippen LogP contribution in [0.3, 0.4) is 0 Å². The van der Waals surface area contributed by atoms with Gasteiger partial charge in [-0.3, -0.25) is 4.79 Å². The van der Waals surface area contributed by atoms with E-state index in [0.717, 1.165) is 30.5 Å². The third kappa shape index (κ3) is 3.24. The summed E-state index contributed by atoms with van der Waals surface area (Å²) in [5, 5.41) is 16.0. The largest absolute Gasteiger partial charge is 0.396 e. The summed E-state index contributed by atoms with van der Waals surface area (Å²) >= 11 is 0. The van der Waals surface area contributed by atoms with E-state index in [1.807, 2.05) is 30.3 Å². The van der Waals surface area contributed by atoms with Crippen LogP contribution in [0.25, 0.3) is 0 Å². The van der Waals surface area contributed by atoms with Gasteiger partial charge in [0.2, 0.25) is 6.10 Å². The molecule has 0 bridgehead atoms. The molecule has 1 aliphatic heterocycles. The topological polar surface area (TPSA) is 70.9 Å². The second-order valence-corrected chi connectivity index (χ2v) is 5.89. The second kappa shape index (κ2) is 5.85. The highest BCUT2D eigenvalue weighted by atomic mass is 16.6. The summed E-state index contributed by atoms with van der Waals surface area (Å²) in [4.78, 5) is 17.4. The minimum Gasteiger partial charge on any atom is -0.396 e. The molecule has 0 saturated heterocycles. The number of aliphatic hydroxyl groups is 1. The highest BCUT2D eigenvalue weighted by Crippen LogP contribution is 2.47. The average molecular weight is 288 g/mol. The van der Waals surface area contributed by atoms with Crippen molar-refractivity contribution in [1.29, 1.82) is 0 Å². The van der Waals surface area contributed by atoms with Gasteiger partial charge in [-0.15, -0.1) is 0 Å². The first kappa shape index (κ1) is 14.1. The van der Waals surface area contributed by atoms with E-state index >= 15 is 0 Å². The van der Waals surface area contributed by atoms with Crippen molar-refractivity contribution in [3.8, 4) is 0 Å². The van der Waals surface area contributed by atoms with E-state index < -0.39 is 6.10 Å². The Morgan fingerprint density at radius 3 is 2.81 bits per heavy atom. The molecule has 0 aromatic heterocycles. The van der Waals surface area contributed by atoms with E-state index in [1.165, 1.54) is 0 Å². The lowest BCUT2D eigenvalue weighted by Gasteiger charge is -2.16. The van der Waals surface area contributed by atoms with Gasteiger partial charge in [0, 0.05) is 19.6 Å². The summed E-state index contributed by atoms with van der Waals surface area (Å²) in [7, 11) is 0. The summed E-state index contributed by atoms with van der Waals surface area (Å²) in [5.74, 6) is -0.117. The van der Waals surface area contributed by atoms with E-state index in [1.54, 1.807) is 0 Å². The van der Waals surface area contributed by atoms with Crippen LogP contribution in [0.5, 0.6) is 0 Å². The molecule has 1 saturated carbocycles. The molecule has 0 spiro atoms. The zero-order valence-electron chi connectivity index (χ0n) is 11.9. The van der Waals surface area contributed by atoms with Crippen LogP contribution >= 0.6 is 0 Å². The number of rotatable bonds is 6. The predicted molar refractivity (Wildman–Crippen MR) is 78.8 cm³/mol. The molecule has 1 heterocycles. The SMILES string of the molecule is O=C(NCC1(CCO)CC1)C1CC(c2ccccc2)=NO1. The van der Waals surface area contributed by atoms with E-state index in [4.69, 9.17) is 9.94 Å². The number of oxime groups is 1. The van der Waals surface area contributed by atoms with Crippen LogP contribution in [0.2, 0.25) is 0 Å². The summed E-state index contributed by atoms with van der Waals surface area (Å²) in [6, 6.07) is 9.75. The molecular weight excluding hydrogens is 268 g/mol. The monoisotopic (exact) mass is 288 g/mol. The van der Waals surface area contributed by atoms with Crippen LogP contribution in [-0.2, 0) is 9.63 Å². The Morgan fingerprint density at radius 2 is 2.14 bits per heavy atom. The van der Waals surface area contributed by atoms with Gasteiger partial charge in [0.05, 0.1) is 5.71 Å². The number of aliphatic hydroxyl groups excluding tert-OH is 1. The molecule has 1 aromatic rings. The number of nitrogens with zero attached hydrogens (tertiary/aromatic N) is 1. The molecular formula is C16H20N2O3. The first-order chi connectivity index (χ1) is 10.2. The van der Waals surface area contributed by atoms with Crippen LogP contribution in [0, 0.1) is 5.41 Å².